The summed E-state index contributed by atoms with van der Waals surface area (Å²) in [6.07, 6.45) is 3.69. The second-order valence-electron chi connectivity index (χ2n) is 8.96. The summed E-state index contributed by atoms with van der Waals surface area (Å²) in [6.45, 7) is 16.0. The van der Waals surface area contributed by atoms with E-state index < -0.39 is 5.72 Å². The molecule has 0 saturated carbocycles. The van der Waals surface area contributed by atoms with E-state index in [9.17, 15) is 4.39 Å². The summed E-state index contributed by atoms with van der Waals surface area (Å²) in [6, 6.07) is 4.81. The number of ether oxygens (including phenoxy) is 2. The largest absolute Gasteiger partial charge is 0.490 e. The average Bonchev–Trinajstić information content (AvgIpc) is 2.69. The third-order valence-electron chi connectivity index (χ3n) is 6.60. The van der Waals surface area contributed by atoms with Gasteiger partial charge in [0, 0.05) is 19.0 Å². The van der Waals surface area contributed by atoms with Crippen molar-refractivity contribution in [3.8, 4) is 12.3 Å². The number of rotatable bonds is 6. The molecule has 2 aliphatic heterocycles. The molecule has 29 heavy (non-hydrogen) atoms. The molecule has 0 aliphatic carbocycles. The van der Waals surface area contributed by atoms with E-state index in [1.807, 2.05) is 6.92 Å². The average molecular weight is 402 g/mol. The zero-order valence-electron chi connectivity index (χ0n) is 18.4. The van der Waals surface area contributed by atoms with Crippen LogP contribution in [0.2, 0.25) is 0 Å². The van der Waals surface area contributed by atoms with Crippen LogP contribution < -0.4 is 4.74 Å². The summed E-state index contributed by atoms with van der Waals surface area (Å²) in [4.78, 5) is 6.49. The first-order valence-corrected chi connectivity index (χ1v) is 10.6. The topological polar surface area (TPSA) is 26.1 Å². The molecule has 1 aromatic rings. The van der Waals surface area contributed by atoms with Crippen molar-refractivity contribution in [2.75, 3.05) is 20.1 Å². The minimum atomic E-state index is -0.647. The van der Waals surface area contributed by atoms with Crippen LogP contribution in [0, 0.1) is 24.2 Å². The summed E-state index contributed by atoms with van der Waals surface area (Å²) in [5.41, 5.74) is 1.59. The van der Waals surface area contributed by atoms with Gasteiger partial charge >= 0.3 is 5.72 Å². The van der Waals surface area contributed by atoms with Crippen LogP contribution in [0.15, 0.2) is 29.5 Å². The predicted molar refractivity (Wildman–Crippen MR) is 115 cm³/mol. The Morgan fingerprint density at radius 3 is 2.72 bits per heavy atom. The van der Waals surface area contributed by atoms with Crippen molar-refractivity contribution >= 4 is 0 Å². The van der Waals surface area contributed by atoms with E-state index in [4.69, 9.17) is 16.0 Å². The lowest BCUT2D eigenvalue weighted by atomic mass is 9.88. The highest BCUT2D eigenvalue weighted by Gasteiger charge is 2.51. The van der Waals surface area contributed by atoms with Gasteiger partial charge in [-0.3, -0.25) is 0 Å². The molecule has 1 aromatic carbocycles. The van der Waals surface area contributed by atoms with E-state index >= 15 is 0 Å². The lowest BCUT2D eigenvalue weighted by Gasteiger charge is -2.35. The van der Waals surface area contributed by atoms with Crippen molar-refractivity contribution in [3.63, 3.8) is 0 Å². The molecule has 5 heteroatoms. The van der Waals surface area contributed by atoms with Crippen molar-refractivity contribution in [1.82, 2.24) is 4.90 Å². The quantitative estimate of drug-likeness (QED) is 0.631. The third-order valence-corrected chi connectivity index (χ3v) is 6.60. The second-order valence-corrected chi connectivity index (χ2v) is 8.96. The molecule has 158 valence electrons. The molecule has 4 nitrogen and oxygen atoms in total. The minimum absolute atomic E-state index is 0.137. The molecule has 3 rings (SSSR count). The number of benzene rings is 1. The fraction of sp³-hybridized carbons (Fsp3) is 0.625. The van der Waals surface area contributed by atoms with E-state index in [0.29, 0.717) is 5.92 Å². The van der Waals surface area contributed by atoms with Gasteiger partial charge in [0.05, 0.1) is 12.3 Å². The van der Waals surface area contributed by atoms with Gasteiger partial charge in [-0.15, -0.1) is 0 Å². The number of halogens is 1. The number of allylic oxidation sites excluding steroid dienone is 2. The van der Waals surface area contributed by atoms with E-state index in [2.05, 4.69) is 37.6 Å². The van der Waals surface area contributed by atoms with Gasteiger partial charge in [0.15, 0.2) is 0 Å². The summed E-state index contributed by atoms with van der Waals surface area (Å²) in [7, 11) is 2.13. The highest BCUT2D eigenvalue weighted by atomic mass is 19.1. The predicted octanol–water partition coefficient (Wildman–Crippen LogP) is 5.49. The molecule has 4 atom stereocenters. The molecule has 0 amide bonds. The van der Waals surface area contributed by atoms with Crippen molar-refractivity contribution in [2.45, 2.75) is 65.2 Å². The van der Waals surface area contributed by atoms with Gasteiger partial charge in [-0.25, -0.2) is 4.39 Å². The van der Waals surface area contributed by atoms with E-state index in [1.54, 1.807) is 12.1 Å². The third kappa shape index (κ3) is 4.75. The van der Waals surface area contributed by atoms with Crippen molar-refractivity contribution < 1.29 is 13.9 Å². The zero-order valence-corrected chi connectivity index (χ0v) is 18.4. The minimum Gasteiger partial charge on any atom is -0.490 e. The summed E-state index contributed by atoms with van der Waals surface area (Å²) < 4.78 is 25.8. The van der Waals surface area contributed by atoms with E-state index in [1.165, 1.54) is 11.6 Å². The molecular weight excluding hydrogens is 367 g/mol. The van der Waals surface area contributed by atoms with Crippen molar-refractivity contribution in [3.05, 3.63) is 45.8 Å². The molecule has 0 unspecified atom stereocenters. The molecule has 0 spiro atoms. The Labute approximate surface area is 174 Å². The van der Waals surface area contributed by atoms with Gasteiger partial charge in [-0.05, 0) is 81.3 Å². The number of aryl methyl sites for hydroxylation is 1. The smallest absolute Gasteiger partial charge is 0.425 e. The monoisotopic (exact) mass is 401 g/mol. The van der Waals surface area contributed by atoms with Crippen LogP contribution in [0.25, 0.3) is 4.85 Å². The first kappa shape index (κ1) is 21.6. The van der Waals surface area contributed by atoms with Crippen LogP contribution in [0.1, 0.15) is 52.5 Å². The van der Waals surface area contributed by atoms with Crippen LogP contribution in [0.4, 0.5) is 4.39 Å². The molecule has 0 N–H and O–H groups in total. The van der Waals surface area contributed by atoms with Gasteiger partial charge in [-0.1, -0.05) is 6.92 Å². The number of nitrogens with zero attached hydrogens (tertiary/aromatic N) is 2. The molecule has 2 aliphatic rings. The van der Waals surface area contributed by atoms with Crippen LogP contribution in [0.5, 0.6) is 5.75 Å². The SMILES string of the molecule is C#[N+][C@@]1([C@@H](C)CN(C)C[C@H](C)[C@H]2CCc3cc(F)ccc3O2)CCC(C)=C(C)O1. The van der Waals surface area contributed by atoms with Gasteiger partial charge < -0.3 is 14.4 Å². The molecule has 2 heterocycles. The highest BCUT2D eigenvalue weighted by Crippen LogP contribution is 2.38. The second kappa shape index (κ2) is 8.75. The van der Waals surface area contributed by atoms with Gasteiger partial charge in [0.2, 0.25) is 0 Å². The maximum absolute atomic E-state index is 13.4. The van der Waals surface area contributed by atoms with Gasteiger partial charge in [0.25, 0.3) is 6.57 Å². The Morgan fingerprint density at radius 1 is 1.28 bits per heavy atom. The molecular formula is C24H34FN2O2+. The lowest BCUT2D eigenvalue weighted by Crippen LogP contribution is -2.45. The number of hydrogen-bond donors (Lipinski definition) is 0. The number of hydrogen-bond acceptors (Lipinski definition) is 3. The standard InChI is InChI=1S/C24H34FN2O2/c1-16-11-12-24(26-5,29-19(16)4)18(3)15-27(6)14-17(2)22-9-7-20-13-21(25)8-10-23(20)28-22/h5,8,10,13,17-18,22H,7,9,11-12,14-15H2,1-4,6H3/q+1/t17-,18-,22+,24-/m0/s1. The normalized spacial score (nSPS) is 26.2. The zero-order chi connectivity index (χ0) is 21.2. The van der Waals surface area contributed by atoms with E-state index in [0.717, 1.165) is 55.8 Å². The molecule has 0 fully saturated rings. The Bertz CT molecular complexity index is 816. The molecule has 0 bridgehead atoms. The first-order valence-electron chi connectivity index (χ1n) is 10.6. The Hall–Kier alpha value is -2.06. The Morgan fingerprint density at radius 2 is 2.03 bits per heavy atom. The first-order chi connectivity index (χ1) is 13.7. The van der Waals surface area contributed by atoms with E-state index in [-0.39, 0.29) is 17.8 Å². The maximum Gasteiger partial charge on any atom is 0.425 e. The van der Waals surface area contributed by atoms with Gasteiger partial charge in [0.1, 0.15) is 23.4 Å². The number of fused-ring (bicyclic) bond motifs is 1. The Balaban J connectivity index is 1.57. The van der Waals surface area contributed by atoms with Crippen LogP contribution in [-0.4, -0.2) is 36.9 Å². The fourth-order valence-corrected chi connectivity index (χ4v) is 4.58. The lowest BCUT2D eigenvalue weighted by molar-refractivity contribution is -0.0324. The molecule has 0 saturated heterocycles. The Kier molecular flexibility index (Phi) is 6.53. The van der Waals surface area contributed by atoms with Crippen molar-refractivity contribution in [2.24, 2.45) is 11.8 Å². The summed E-state index contributed by atoms with van der Waals surface area (Å²) >= 11 is 0. The summed E-state index contributed by atoms with van der Waals surface area (Å²) in [5.74, 6) is 2.09. The highest BCUT2D eigenvalue weighted by molar-refractivity contribution is 5.35. The van der Waals surface area contributed by atoms with Crippen LogP contribution in [0.3, 0.4) is 0 Å². The van der Waals surface area contributed by atoms with Gasteiger partial charge in [-0.2, -0.15) is 0 Å². The van der Waals surface area contributed by atoms with Crippen molar-refractivity contribution in [1.29, 1.82) is 0 Å². The molecule has 0 radical (unpaired) electrons. The fourth-order valence-electron chi connectivity index (χ4n) is 4.58. The van der Waals surface area contributed by atoms with Crippen LogP contribution >= 0.6 is 0 Å². The summed E-state index contributed by atoms with van der Waals surface area (Å²) in [5, 5.41) is 0. The van der Waals surface area contributed by atoms with Crippen LogP contribution in [-0.2, 0) is 11.2 Å². The maximum atomic E-state index is 13.4. The molecule has 0 aromatic heterocycles.